The molecule has 1 aromatic carbocycles. The minimum Gasteiger partial charge on any atom is -0.496 e. The summed E-state index contributed by atoms with van der Waals surface area (Å²) in [5.74, 6) is 2.52. The zero-order chi connectivity index (χ0) is 21.4. The Hall–Kier alpha value is -1.44. The minimum absolute atomic E-state index is 0.112. The van der Waals surface area contributed by atoms with E-state index in [2.05, 4.69) is 59.8 Å². The summed E-state index contributed by atoms with van der Waals surface area (Å²) in [5, 5.41) is 0. The highest BCUT2D eigenvalue weighted by atomic mass is 16.5. The molecule has 0 N–H and O–H groups in total. The number of rotatable bonds is 9. The molecule has 1 fully saturated rings. The number of hydrogen-bond donors (Lipinski definition) is 0. The Morgan fingerprint density at radius 2 is 1.62 bits per heavy atom. The van der Waals surface area contributed by atoms with E-state index in [0.717, 1.165) is 11.5 Å². The first-order valence-electron chi connectivity index (χ1n) is 11.6. The monoisotopic (exact) mass is 398 g/mol. The summed E-state index contributed by atoms with van der Waals surface area (Å²) in [6, 6.07) is 4.56. The average molecular weight is 399 g/mol. The van der Waals surface area contributed by atoms with E-state index in [-0.39, 0.29) is 16.2 Å². The van der Waals surface area contributed by atoms with Gasteiger partial charge in [-0.15, -0.1) is 0 Å². The molecule has 0 saturated heterocycles. The van der Waals surface area contributed by atoms with Gasteiger partial charge in [0.2, 0.25) is 0 Å². The van der Waals surface area contributed by atoms with Gasteiger partial charge in [0.1, 0.15) is 11.5 Å². The lowest BCUT2D eigenvalue weighted by atomic mass is 9.70. The fourth-order valence-electron chi connectivity index (χ4n) is 5.74. The molecule has 2 unspecified atom stereocenters. The zero-order valence-corrected chi connectivity index (χ0v) is 20.1. The van der Waals surface area contributed by atoms with Crippen molar-refractivity contribution in [1.82, 2.24) is 0 Å². The second-order valence-electron chi connectivity index (χ2n) is 10.8. The number of unbranched alkanes of at least 4 members (excludes halogenated alkanes) is 3. The van der Waals surface area contributed by atoms with Gasteiger partial charge in [0.15, 0.2) is 0 Å². The van der Waals surface area contributed by atoms with E-state index >= 15 is 0 Å². The van der Waals surface area contributed by atoms with E-state index in [1.54, 1.807) is 14.2 Å². The Bertz CT molecular complexity index is 746. The van der Waals surface area contributed by atoms with E-state index in [0.29, 0.717) is 5.92 Å². The van der Waals surface area contributed by atoms with Crippen molar-refractivity contribution in [3.8, 4) is 11.5 Å². The first-order valence-corrected chi connectivity index (χ1v) is 11.6. The summed E-state index contributed by atoms with van der Waals surface area (Å²) >= 11 is 0. The Morgan fingerprint density at radius 1 is 1.00 bits per heavy atom. The first kappa shape index (κ1) is 22.2. The van der Waals surface area contributed by atoms with Crippen LogP contribution in [0.5, 0.6) is 11.5 Å². The van der Waals surface area contributed by atoms with Crippen molar-refractivity contribution >= 4 is 5.57 Å². The van der Waals surface area contributed by atoms with Crippen LogP contribution >= 0.6 is 0 Å². The molecule has 0 heterocycles. The van der Waals surface area contributed by atoms with Crippen molar-refractivity contribution in [2.24, 2.45) is 16.7 Å². The molecule has 2 aliphatic carbocycles. The molecule has 29 heavy (non-hydrogen) atoms. The number of methoxy groups -OCH3 is 2. The van der Waals surface area contributed by atoms with E-state index in [1.807, 2.05) is 0 Å². The maximum atomic E-state index is 5.97. The minimum atomic E-state index is 0.112. The van der Waals surface area contributed by atoms with Gasteiger partial charge >= 0.3 is 0 Å². The predicted molar refractivity (Wildman–Crippen MR) is 124 cm³/mol. The van der Waals surface area contributed by atoms with Gasteiger partial charge in [-0.2, -0.15) is 0 Å². The van der Waals surface area contributed by atoms with Crippen LogP contribution in [0.3, 0.4) is 0 Å². The van der Waals surface area contributed by atoms with Crippen LogP contribution in [0, 0.1) is 16.7 Å². The highest BCUT2D eigenvalue weighted by Gasteiger charge is 2.56. The summed E-state index contributed by atoms with van der Waals surface area (Å²) in [5.41, 5.74) is 4.60. The van der Waals surface area contributed by atoms with Gasteiger partial charge in [-0.1, -0.05) is 73.3 Å². The Morgan fingerprint density at radius 3 is 2.07 bits per heavy atom. The Balaban J connectivity index is 1.99. The summed E-state index contributed by atoms with van der Waals surface area (Å²) < 4.78 is 11.9. The molecule has 1 aromatic rings. The van der Waals surface area contributed by atoms with Gasteiger partial charge in [-0.25, -0.2) is 0 Å². The second kappa shape index (κ2) is 8.00. The zero-order valence-electron chi connectivity index (χ0n) is 20.1. The van der Waals surface area contributed by atoms with Crippen molar-refractivity contribution < 1.29 is 9.47 Å². The lowest BCUT2D eigenvalue weighted by Gasteiger charge is -2.34. The molecule has 0 amide bonds. The molecule has 0 aromatic heterocycles. The molecule has 2 aliphatic rings. The third kappa shape index (κ3) is 3.73. The summed E-state index contributed by atoms with van der Waals surface area (Å²) in [6.45, 7) is 14.3. The average Bonchev–Trinajstić information content (AvgIpc) is 3.03. The molecule has 2 heteroatoms. The van der Waals surface area contributed by atoms with E-state index in [9.17, 15) is 0 Å². The van der Waals surface area contributed by atoms with Gasteiger partial charge in [0, 0.05) is 0 Å². The normalized spacial score (nSPS) is 25.2. The van der Waals surface area contributed by atoms with Crippen LogP contribution in [0.15, 0.2) is 18.2 Å². The van der Waals surface area contributed by atoms with Gasteiger partial charge in [0.25, 0.3) is 0 Å². The fraction of sp³-hybridized carbons (Fsp3) is 0.704. The number of allylic oxidation sites excluding steroid dienone is 2. The van der Waals surface area contributed by atoms with Crippen molar-refractivity contribution in [2.75, 3.05) is 14.2 Å². The fourth-order valence-corrected chi connectivity index (χ4v) is 5.74. The molecular weight excluding hydrogens is 356 g/mol. The van der Waals surface area contributed by atoms with Crippen molar-refractivity contribution in [3.05, 3.63) is 29.3 Å². The second-order valence-corrected chi connectivity index (χ2v) is 10.8. The molecule has 0 aliphatic heterocycles. The van der Waals surface area contributed by atoms with Crippen molar-refractivity contribution in [1.29, 1.82) is 0 Å². The highest BCUT2D eigenvalue weighted by Crippen LogP contribution is 2.67. The Kier molecular flexibility index (Phi) is 6.14. The Labute approximate surface area is 179 Å². The van der Waals surface area contributed by atoms with Crippen molar-refractivity contribution in [3.63, 3.8) is 0 Å². The van der Waals surface area contributed by atoms with Gasteiger partial charge in [-0.3, -0.25) is 0 Å². The third-order valence-electron chi connectivity index (χ3n) is 8.38. The van der Waals surface area contributed by atoms with Crippen LogP contribution in [-0.4, -0.2) is 14.2 Å². The lowest BCUT2D eigenvalue weighted by Crippen LogP contribution is -2.27. The van der Waals surface area contributed by atoms with Gasteiger partial charge < -0.3 is 9.47 Å². The van der Waals surface area contributed by atoms with Gasteiger partial charge in [0.05, 0.1) is 19.8 Å². The lowest BCUT2D eigenvalue weighted by molar-refractivity contribution is 0.183. The number of fused-ring (bicyclic) bond motifs is 2. The van der Waals surface area contributed by atoms with E-state index < -0.39 is 0 Å². The molecule has 162 valence electrons. The molecular formula is C27H42O2. The number of benzene rings is 1. The summed E-state index contributed by atoms with van der Waals surface area (Å²) in [7, 11) is 3.61. The van der Waals surface area contributed by atoms with Crippen LogP contribution in [0.1, 0.15) is 97.6 Å². The standard InChI is InChI=1S/C27H42O2/c1-9-10-11-12-14-25(2,3)19-16-22(28-7)24(23(17-19)29-8)20-18-27(6)15-13-21(20)26(27,4)5/h16-18,21H,9-15H2,1-8H3. The van der Waals surface area contributed by atoms with Crippen LogP contribution < -0.4 is 9.47 Å². The smallest absolute Gasteiger partial charge is 0.130 e. The molecule has 2 atom stereocenters. The topological polar surface area (TPSA) is 18.5 Å². The molecule has 0 radical (unpaired) electrons. The van der Waals surface area contributed by atoms with E-state index in [4.69, 9.17) is 9.47 Å². The van der Waals surface area contributed by atoms with Crippen LogP contribution in [0.2, 0.25) is 0 Å². The summed E-state index contributed by atoms with van der Waals surface area (Å²) in [4.78, 5) is 0. The molecule has 1 saturated carbocycles. The third-order valence-corrected chi connectivity index (χ3v) is 8.38. The SMILES string of the molecule is CCCCCCC(C)(C)c1cc(OC)c(C2=CC3(C)CCC2C3(C)C)c(OC)c1. The summed E-state index contributed by atoms with van der Waals surface area (Å²) in [6.07, 6.45) is 11.4. The van der Waals surface area contributed by atoms with Crippen molar-refractivity contribution in [2.45, 2.75) is 91.9 Å². The quantitative estimate of drug-likeness (QED) is 0.395. The van der Waals surface area contributed by atoms with Crippen LogP contribution in [-0.2, 0) is 5.41 Å². The van der Waals surface area contributed by atoms with E-state index in [1.165, 1.54) is 61.6 Å². The molecule has 2 bridgehead atoms. The van der Waals surface area contributed by atoms with Crippen LogP contribution in [0.25, 0.3) is 5.57 Å². The number of hydrogen-bond acceptors (Lipinski definition) is 2. The molecule has 2 nitrogen and oxygen atoms in total. The largest absolute Gasteiger partial charge is 0.496 e. The molecule has 3 rings (SSSR count). The highest BCUT2D eigenvalue weighted by molar-refractivity contribution is 5.81. The first-order chi connectivity index (χ1) is 13.6. The van der Waals surface area contributed by atoms with Gasteiger partial charge in [-0.05, 0) is 64.7 Å². The predicted octanol–water partition coefficient (Wildman–Crippen LogP) is 7.79. The van der Waals surface area contributed by atoms with Crippen LogP contribution in [0.4, 0.5) is 0 Å². The number of ether oxygens (including phenoxy) is 2. The molecule has 0 spiro atoms. The maximum absolute atomic E-state index is 5.97. The maximum Gasteiger partial charge on any atom is 0.130 e.